The molecule has 0 amide bonds. The summed E-state index contributed by atoms with van der Waals surface area (Å²) < 4.78 is 24.2. The molecule has 0 radical (unpaired) electrons. The van der Waals surface area contributed by atoms with Crippen LogP contribution in [0, 0.1) is 23.2 Å². The van der Waals surface area contributed by atoms with Crippen molar-refractivity contribution in [1.82, 2.24) is 0 Å². The molecule has 56 heavy (non-hydrogen) atoms. The molecule has 4 aromatic rings. The van der Waals surface area contributed by atoms with E-state index < -0.39 is 29.6 Å². The number of phenolic OH excluding ortho intramolecular Hbond substituents is 2. The predicted octanol–water partition coefficient (Wildman–Crippen LogP) is 7.81. The summed E-state index contributed by atoms with van der Waals surface area (Å²) in [7, 11) is 3.11. The van der Waals surface area contributed by atoms with Crippen LogP contribution >= 0.6 is 0 Å². The van der Waals surface area contributed by atoms with E-state index in [2.05, 4.69) is 24.3 Å². The molecule has 0 aromatic heterocycles. The van der Waals surface area contributed by atoms with Gasteiger partial charge >= 0.3 is 11.9 Å². The van der Waals surface area contributed by atoms with Gasteiger partial charge in [-0.1, -0.05) is 66.7 Å². The summed E-state index contributed by atoms with van der Waals surface area (Å²) in [6.07, 6.45) is 7.26. The molecule has 4 aromatic carbocycles. The second-order valence-electron chi connectivity index (χ2n) is 16.1. The van der Waals surface area contributed by atoms with Crippen LogP contribution in [0.4, 0.5) is 0 Å². The molecule has 0 unspecified atom stereocenters. The van der Waals surface area contributed by atoms with Crippen molar-refractivity contribution >= 4 is 18.0 Å². The van der Waals surface area contributed by atoms with Crippen LogP contribution in [0.25, 0.3) is 6.08 Å². The van der Waals surface area contributed by atoms with Crippen LogP contribution in [-0.4, -0.2) is 53.7 Å². The Morgan fingerprint density at radius 2 is 1.54 bits per heavy atom. The quantitative estimate of drug-likeness (QED) is 0.146. The lowest BCUT2D eigenvalue weighted by molar-refractivity contribution is -0.169. The molecule has 0 bridgehead atoms. The lowest BCUT2D eigenvalue weighted by Gasteiger charge is -2.64. The van der Waals surface area contributed by atoms with Gasteiger partial charge in [0.1, 0.15) is 12.2 Å². The molecule has 0 heterocycles. The molecule has 4 aliphatic carbocycles. The number of carbonyl (C=O) groups is 2. The number of carbonyl (C=O) groups excluding carboxylic acids is 2. The number of fused-ring (bicyclic) bond motifs is 4. The van der Waals surface area contributed by atoms with Gasteiger partial charge in [-0.25, -0.2) is 0 Å². The highest BCUT2D eigenvalue weighted by atomic mass is 16.6. The maximum absolute atomic E-state index is 13.9. The van der Waals surface area contributed by atoms with Crippen LogP contribution in [0.5, 0.6) is 23.0 Å². The molecule has 8 atom stereocenters. The number of allylic oxidation sites excluding steroid dienone is 1. The third-order valence-electron chi connectivity index (χ3n) is 13.1. The number of phenols is 2. The molecule has 3 N–H and O–H groups in total. The normalized spacial score (nSPS) is 27.5. The average molecular weight is 759 g/mol. The zero-order valence-corrected chi connectivity index (χ0v) is 32.1. The van der Waals surface area contributed by atoms with E-state index in [4.69, 9.17) is 18.9 Å². The second-order valence-corrected chi connectivity index (χ2v) is 16.1. The molecule has 0 spiro atoms. The summed E-state index contributed by atoms with van der Waals surface area (Å²) >= 11 is 0. The van der Waals surface area contributed by atoms with Gasteiger partial charge in [-0.05, 0) is 119 Å². The van der Waals surface area contributed by atoms with Crippen molar-refractivity contribution in [3.63, 3.8) is 0 Å². The largest absolute Gasteiger partial charge is 0.504 e. The molecule has 4 aliphatic rings. The fourth-order valence-corrected chi connectivity index (χ4v) is 11.1. The Balaban J connectivity index is 1.33. The summed E-state index contributed by atoms with van der Waals surface area (Å²) in [5, 5.41) is 32.0. The average Bonchev–Trinajstić information content (AvgIpc) is 3.18. The molecule has 9 heteroatoms. The topological polar surface area (TPSA) is 132 Å². The Bertz CT molecular complexity index is 2140. The Morgan fingerprint density at radius 1 is 0.804 bits per heavy atom. The predicted molar refractivity (Wildman–Crippen MR) is 211 cm³/mol. The van der Waals surface area contributed by atoms with E-state index in [0.29, 0.717) is 36.3 Å². The molecule has 2 fully saturated rings. The van der Waals surface area contributed by atoms with Crippen molar-refractivity contribution < 1.29 is 43.9 Å². The Morgan fingerprint density at radius 3 is 2.29 bits per heavy atom. The fraction of sp³-hybridized carbons (Fsp3) is 0.404. The van der Waals surface area contributed by atoms with Crippen LogP contribution in [0.15, 0.2) is 84.9 Å². The van der Waals surface area contributed by atoms with Crippen molar-refractivity contribution in [3.8, 4) is 23.0 Å². The van der Waals surface area contributed by atoms with Crippen molar-refractivity contribution in [2.75, 3.05) is 14.2 Å². The fourth-order valence-electron chi connectivity index (χ4n) is 11.1. The third-order valence-corrected chi connectivity index (χ3v) is 13.1. The van der Waals surface area contributed by atoms with E-state index in [9.17, 15) is 24.9 Å². The highest BCUT2D eigenvalue weighted by molar-refractivity contribution is 5.73. The SMILES string of the molecule is COc1cc2c(cc1O)[C@@H]1CC[C@H]3Cc4cc(O)c(OC)cc4[C@@H]4C[C@H](OC(=O)Cc5cccc(CO)c5)C[C@H](OC(C)=O)[C@@H](C2)[C@@]1(C=Cc1ccccc1)[C@H]34. The number of aliphatic hydroxyl groups is 1. The van der Waals surface area contributed by atoms with Gasteiger partial charge in [-0.15, -0.1) is 0 Å². The van der Waals surface area contributed by atoms with Crippen LogP contribution in [0.2, 0.25) is 0 Å². The maximum Gasteiger partial charge on any atom is 0.310 e. The number of ether oxygens (including phenoxy) is 4. The first-order valence-corrected chi connectivity index (χ1v) is 19.7. The van der Waals surface area contributed by atoms with Gasteiger partial charge in [0, 0.05) is 24.7 Å². The molecular formula is C47H50O9. The zero-order chi connectivity index (χ0) is 39.1. The monoisotopic (exact) mass is 758 g/mol. The molecular weight excluding hydrogens is 709 g/mol. The molecule has 8 rings (SSSR count). The Kier molecular flexibility index (Phi) is 10.3. The van der Waals surface area contributed by atoms with E-state index in [1.807, 2.05) is 66.7 Å². The van der Waals surface area contributed by atoms with Crippen molar-refractivity contribution in [2.45, 2.75) is 82.5 Å². The van der Waals surface area contributed by atoms with Gasteiger partial charge in [-0.2, -0.15) is 0 Å². The lowest BCUT2D eigenvalue weighted by Crippen LogP contribution is -2.59. The minimum absolute atomic E-state index is 0.00570. The van der Waals surface area contributed by atoms with Gasteiger partial charge < -0.3 is 34.3 Å². The smallest absolute Gasteiger partial charge is 0.310 e. The highest BCUT2D eigenvalue weighted by Crippen LogP contribution is 2.69. The number of rotatable bonds is 9. The third kappa shape index (κ3) is 6.80. The number of benzene rings is 4. The van der Waals surface area contributed by atoms with Crippen LogP contribution in [0.3, 0.4) is 0 Å². The van der Waals surface area contributed by atoms with E-state index >= 15 is 0 Å². The zero-order valence-electron chi connectivity index (χ0n) is 32.1. The molecule has 0 saturated heterocycles. The van der Waals surface area contributed by atoms with Gasteiger partial charge in [0.05, 0.1) is 27.2 Å². The van der Waals surface area contributed by atoms with Crippen LogP contribution < -0.4 is 9.47 Å². The van der Waals surface area contributed by atoms with E-state index in [1.54, 1.807) is 14.2 Å². The number of esters is 2. The standard InChI is InChI=1S/C47H50O9/c1-27(49)55-42-23-34(56-45(52)17-29-10-7-11-30(16-29)26-48)22-37-35-25-44(54-3)40(50)20-32(35)18-31-12-13-38-36-24-41(51)43(53-2)21-33(36)19-39(42)47(38,46(31)37)15-14-28-8-5-4-6-9-28/h4-11,14-16,20-21,24-25,31,34,37-39,42,46,48,50-51H,12-13,17-19,22-23,26H2,1-3H3/t31-,34-,37-,38-,39+,42-,46+,47-/m0/s1. The van der Waals surface area contributed by atoms with Gasteiger partial charge in [0.15, 0.2) is 23.0 Å². The summed E-state index contributed by atoms with van der Waals surface area (Å²) in [6, 6.07) is 25.2. The summed E-state index contributed by atoms with van der Waals surface area (Å²) in [5.74, 6) is 0.0139. The minimum atomic E-state index is -0.602. The maximum atomic E-state index is 13.9. The van der Waals surface area contributed by atoms with Gasteiger partial charge in [-0.3, -0.25) is 9.59 Å². The molecule has 9 nitrogen and oxygen atoms in total. The number of hydrogen-bond donors (Lipinski definition) is 3. The van der Waals surface area contributed by atoms with Crippen LogP contribution in [0.1, 0.15) is 83.4 Å². The Hall–Kier alpha value is -5.28. The van der Waals surface area contributed by atoms with E-state index in [0.717, 1.165) is 52.6 Å². The number of aliphatic hydroxyl groups excluding tert-OH is 1. The molecule has 292 valence electrons. The Labute approximate surface area is 327 Å². The number of methoxy groups -OCH3 is 2. The molecule has 2 saturated carbocycles. The van der Waals surface area contributed by atoms with E-state index in [1.165, 1.54) is 6.92 Å². The highest BCUT2D eigenvalue weighted by Gasteiger charge is 2.63. The summed E-state index contributed by atoms with van der Waals surface area (Å²) in [6.45, 7) is 1.31. The first kappa shape index (κ1) is 37.6. The number of aromatic hydroxyl groups is 2. The van der Waals surface area contributed by atoms with Crippen LogP contribution in [-0.2, 0) is 44.9 Å². The second kappa shape index (κ2) is 15.3. The van der Waals surface area contributed by atoms with Gasteiger partial charge in [0.25, 0.3) is 0 Å². The van der Waals surface area contributed by atoms with Crippen molar-refractivity contribution in [3.05, 3.63) is 124 Å². The van der Waals surface area contributed by atoms with E-state index in [-0.39, 0.29) is 54.1 Å². The van der Waals surface area contributed by atoms with Crippen molar-refractivity contribution in [1.29, 1.82) is 0 Å². The van der Waals surface area contributed by atoms with Crippen molar-refractivity contribution in [2.24, 2.45) is 23.2 Å². The number of hydrogen-bond acceptors (Lipinski definition) is 9. The first-order chi connectivity index (χ1) is 27.1. The lowest BCUT2D eigenvalue weighted by atomic mass is 9.40. The first-order valence-electron chi connectivity index (χ1n) is 19.7. The summed E-state index contributed by atoms with van der Waals surface area (Å²) in [5.41, 5.74) is 6.22. The van der Waals surface area contributed by atoms with Gasteiger partial charge in [0.2, 0.25) is 0 Å². The summed E-state index contributed by atoms with van der Waals surface area (Å²) in [4.78, 5) is 27.0. The minimum Gasteiger partial charge on any atom is -0.504 e. The molecule has 0 aliphatic heterocycles.